The van der Waals surface area contributed by atoms with Crippen molar-refractivity contribution in [2.75, 3.05) is 18.4 Å². The summed E-state index contributed by atoms with van der Waals surface area (Å²) in [6.07, 6.45) is 1.05. The van der Waals surface area contributed by atoms with E-state index in [4.69, 9.17) is 4.74 Å². The molecule has 0 radical (unpaired) electrons. The Balaban J connectivity index is 0.00000208. The van der Waals surface area contributed by atoms with Crippen molar-refractivity contribution in [1.29, 1.82) is 0 Å². The molecule has 3 N–H and O–H groups in total. The van der Waals surface area contributed by atoms with Gasteiger partial charge in [-0.2, -0.15) is 0 Å². The highest BCUT2D eigenvalue weighted by atomic mass is 35.5. The number of halogens is 1. The number of rotatable bonds is 4. The molecule has 132 valence electrons. The number of amides is 2. The standard InChI is InChI=1S/C17H23N3O3.ClH/c1-3-14-17(22)20-13-5-4-11(8-15(13)23-14)10(2)19-16(21)12-6-7-18-9-12;/h4-5,8,10,12,14,18H,3,6-7,9H2,1-2H3,(H,19,21)(H,20,22);1H. The van der Waals surface area contributed by atoms with Gasteiger partial charge in [0.05, 0.1) is 17.6 Å². The van der Waals surface area contributed by atoms with Crippen LogP contribution in [0.1, 0.15) is 38.3 Å². The fraction of sp³-hybridized carbons (Fsp3) is 0.529. The molecule has 2 aliphatic rings. The third kappa shape index (κ3) is 3.82. The maximum Gasteiger partial charge on any atom is 0.265 e. The smallest absolute Gasteiger partial charge is 0.265 e. The number of benzene rings is 1. The van der Waals surface area contributed by atoms with Crippen LogP contribution in [0.15, 0.2) is 18.2 Å². The molecule has 6 nitrogen and oxygen atoms in total. The fourth-order valence-corrected chi connectivity index (χ4v) is 2.99. The van der Waals surface area contributed by atoms with Crippen molar-refractivity contribution < 1.29 is 14.3 Å². The van der Waals surface area contributed by atoms with Crippen molar-refractivity contribution in [2.45, 2.75) is 38.8 Å². The third-order valence-electron chi connectivity index (χ3n) is 4.49. The summed E-state index contributed by atoms with van der Waals surface area (Å²) >= 11 is 0. The van der Waals surface area contributed by atoms with Crippen LogP contribution in [-0.2, 0) is 9.59 Å². The predicted molar refractivity (Wildman–Crippen MR) is 94.6 cm³/mol. The zero-order valence-electron chi connectivity index (χ0n) is 13.9. The van der Waals surface area contributed by atoms with Gasteiger partial charge in [-0.1, -0.05) is 13.0 Å². The van der Waals surface area contributed by atoms with Gasteiger partial charge < -0.3 is 20.7 Å². The number of ether oxygens (including phenoxy) is 1. The first-order valence-corrected chi connectivity index (χ1v) is 8.21. The molecule has 1 aromatic carbocycles. The highest BCUT2D eigenvalue weighted by molar-refractivity contribution is 5.97. The van der Waals surface area contributed by atoms with Gasteiger partial charge in [-0.25, -0.2) is 0 Å². The minimum absolute atomic E-state index is 0. The second-order valence-electron chi connectivity index (χ2n) is 6.18. The molecule has 3 unspecified atom stereocenters. The number of anilines is 1. The van der Waals surface area contributed by atoms with E-state index in [9.17, 15) is 9.59 Å². The first-order valence-electron chi connectivity index (χ1n) is 8.21. The average molecular weight is 354 g/mol. The van der Waals surface area contributed by atoms with E-state index in [1.807, 2.05) is 32.0 Å². The predicted octanol–water partition coefficient (Wildman–Crippen LogP) is 2.00. The zero-order valence-corrected chi connectivity index (χ0v) is 14.7. The quantitative estimate of drug-likeness (QED) is 0.773. The summed E-state index contributed by atoms with van der Waals surface area (Å²) in [5, 5.41) is 9.11. The largest absolute Gasteiger partial charge is 0.478 e. The van der Waals surface area contributed by atoms with Crippen molar-refractivity contribution in [3.63, 3.8) is 0 Å². The summed E-state index contributed by atoms with van der Waals surface area (Å²) in [5.74, 6) is 0.691. The third-order valence-corrected chi connectivity index (χ3v) is 4.49. The summed E-state index contributed by atoms with van der Waals surface area (Å²) in [6, 6.07) is 5.53. The van der Waals surface area contributed by atoms with Gasteiger partial charge in [-0.3, -0.25) is 9.59 Å². The van der Waals surface area contributed by atoms with Crippen molar-refractivity contribution >= 4 is 29.9 Å². The normalized spacial score (nSPS) is 23.3. The lowest BCUT2D eigenvalue weighted by Crippen LogP contribution is -2.36. The highest BCUT2D eigenvalue weighted by Gasteiger charge is 2.27. The Morgan fingerprint density at radius 3 is 2.92 bits per heavy atom. The second-order valence-corrected chi connectivity index (χ2v) is 6.18. The van der Waals surface area contributed by atoms with E-state index in [-0.39, 0.29) is 36.2 Å². The van der Waals surface area contributed by atoms with Gasteiger partial charge in [-0.05, 0) is 44.0 Å². The van der Waals surface area contributed by atoms with E-state index in [0.29, 0.717) is 17.9 Å². The summed E-state index contributed by atoms with van der Waals surface area (Å²) in [7, 11) is 0. The van der Waals surface area contributed by atoms with E-state index >= 15 is 0 Å². The Labute approximate surface area is 148 Å². The number of hydrogen-bond donors (Lipinski definition) is 3. The monoisotopic (exact) mass is 353 g/mol. The van der Waals surface area contributed by atoms with Crippen molar-refractivity contribution in [2.24, 2.45) is 5.92 Å². The van der Waals surface area contributed by atoms with Gasteiger partial charge >= 0.3 is 0 Å². The molecular formula is C17H24ClN3O3. The van der Waals surface area contributed by atoms with Crippen LogP contribution in [0.4, 0.5) is 5.69 Å². The molecule has 0 spiro atoms. The molecule has 1 saturated heterocycles. The minimum Gasteiger partial charge on any atom is -0.478 e. The number of carbonyl (C=O) groups is 2. The van der Waals surface area contributed by atoms with Crippen LogP contribution in [0, 0.1) is 5.92 Å². The number of hydrogen-bond acceptors (Lipinski definition) is 4. The van der Waals surface area contributed by atoms with Crippen LogP contribution >= 0.6 is 12.4 Å². The molecule has 24 heavy (non-hydrogen) atoms. The first-order chi connectivity index (χ1) is 11.1. The Hall–Kier alpha value is -1.79. The van der Waals surface area contributed by atoms with Crippen LogP contribution in [0.25, 0.3) is 0 Å². The lowest BCUT2D eigenvalue weighted by molar-refractivity contribution is -0.125. The van der Waals surface area contributed by atoms with Gasteiger partial charge in [0.15, 0.2) is 6.10 Å². The zero-order chi connectivity index (χ0) is 16.4. The molecule has 0 saturated carbocycles. The Morgan fingerprint density at radius 1 is 1.46 bits per heavy atom. The minimum atomic E-state index is -0.452. The molecule has 3 rings (SSSR count). The Morgan fingerprint density at radius 2 is 2.25 bits per heavy atom. The van der Waals surface area contributed by atoms with E-state index in [1.54, 1.807) is 0 Å². The summed E-state index contributed by atoms with van der Waals surface area (Å²) in [6.45, 7) is 5.52. The topological polar surface area (TPSA) is 79.5 Å². The van der Waals surface area contributed by atoms with Gasteiger partial charge in [-0.15, -0.1) is 12.4 Å². The van der Waals surface area contributed by atoms with E-state index in [1.165, 1.54) is 0 Å². The summed E-state index contributed by atoms with van der Waals surface area (Å²) in [5.41, 5.74) is 1.65. The molecule has 1 aromatic rings. The van der Waals surface area contributed by atoms with E-state index in [0.717, 1.165) is 25.1 Å². The van der Waals surface area contributed by atoms with Crippen molar-refractivity contribution in [3.8, 4) is 5.75 Å². The van der Waals surface area contributed by atoms with Crippen LogP contribution in [0.5, 0.6) is 5.75 Å². The molecular weight excluding hydrogens is 330 g/mol. The molecule has 2 amide bonds. The molecule has 1 fully saturated rings. The number of nitrogens with one attached hydrogen (secondary N) is 3. The number of fused-ring (bicyclic) bond motifs is 1. The van der Waals surface area contributed by atoms with Gasteiger partial charge in [0.25, 0.3) is 5.91 Å². The van der Waals surface area contributed by atoms with E-state index < -0.39 is 6.10 Å². The Bertz CT molecular complexity index is 617. The van der Waals surface area contributed by atoms with Crippen LogP contribution in [0.3, 0.4) is 0 Å². The van der Waals surface area contributed by atoms with Crippen molar-refractivity contribution in [1.82, 2.24) is 10.6 Å². The van der Waals surface area contributed by atoms with Crippen molar-refractivity contribution in [3.05, 3.63) is 23.8 Å². The van der Waals surface area contributed by atoms with Gasteiger partial charge in [0.2, 0.25) is 5.91 Å². The first kappa shape index (κ1) is 18.5. The Kier molecular flexibility index (Phi) is 6.07. The SMILES string of the molecule is CCC1Oc2cc(C(C)NC(=O)C3CCNC3)ccc2NC1=O.Cl. The molecule has 0 aromatic heterocycles. The molecule has 0 bridgehead atoms. The molecule has 7 heteroatoms. The van der Waals surface area contributed by atoms with Gasteiger partial charge in [0.1, 0.15) is 5.75 Å². The number of carbonyl (C=O) groups excluding carboxylic acids is 2. The lowest BCUT2D eigenvalue weighted by Gasteiger charge is -2.26. The summed E-state index contributed by atoms with van der Waals surface area (Å²) in [4.78, 5) is 24.0. The van der Waals surface area contributed by atoms with Crippen LogP contribution < -0.4 is 20.7 Å². The lowest BCUT2D eigenvalue weighted by atomic mass is 10.0. The molecule has 2 aliphatic heterocycles. The molecule has 0 aliphatic carbocycles. The van der Waals surface area contributed by atoms with Crippen LogP contribution in [-0.4, -0.2) is 31.0 Å². The fourth-order valence-electron chi connectivity index (χ4n) is 2.99. The van der Waals surface area contributed by atoms with Crippen LogP contribution in [0.2, 0.25) is 0 Å². The molecule has 2 heterocycles. The molecule has 3 atom stereocenters. The van der Waals surface area contributed by atoms with E-state index in [2.05, 4.69) is 16.0 Å². The summed E-state index contributed by atoms with van der Waals surface area (Å²) < 4.78 is 5.75. The maximum atomic E-state index is 12.2. The average Bonchev–Trinajstić information content (AvgIpc) is 3.08. The maximum absolute atomic E-state index is 12.2. The highest BCUT2D eigenvalue weighted by Crippen LogP contribution is 2.33. The van der Waals surface area contributed by atoms with Gasteiger partial charge in [0, 0.05) is 6.54 Å². The second kappa shape index (κ2) is 7.85.